The van der Waals surface area contributed by atoms with Gasteiger partial charge in [-0.25, -0.2) is 10.4 Å². The summed E-state index contributed by atoms with van der Waals surface area (Å²) in [5, 5.41) is 6.22. The predicted molar refractivity (Wildman–Crippen MR) is 113 cm³/mol. The Morgan fingerprint density at radius 2 is 1.78 bits per heavy atom. The zero-order valence-electron chi connectivity index (χ0n) is 15.8. The number of halogens is 2. The van der Waals surface area contributed by atoms with E-state index in [1.165, 1.54) is 36.8 Å². The van der Waals surface area contributed by atoms with E-state index in [2.05, 4.69) is 52.8 Å². The van der Waals surface area contributed by atoms with Crippen LogP contribution in [0.4, 0.5) is 0 Å². The third kappa shape index (κ3) is 4.18. The van der Waals surface area contributed by atoms with Crippen LogP contribution in [0.5, 0.6) is 0 Å². The summed E-state index contributed by atoms with van der Waals surface area (Å²) < 4.78 is 0. The molecule has 0 amide bonds. The van der Waals surface area contributed by atoms with Gasteiger partial charge < -0.3 is 0 Å². The summed E-state index contributed by atoms with van der Waals surface area (Å²) in [6.07, 6.45) is 5.21. The van der Waals surface area contributed by atoms with Crippen LogP contribution in [0.15, 0.2) is 42.5 Å². The first-order chi connectivity index (χ1) is 13.1. The van der Waals surface area contributed by atoms with Gasteiger partial charge >= 0.3 is 0 Å². The minimum Gasteiger partial charge on any atom is -0.237 e. The molecule has 0 spiro atoms. The Bertz CT molecular complexity index is 789. The smallest absolute Gasteiger partial charge is 0.0628 e. The monoisotopic (exact) mass is 403 g/mol. The van der Waals surface area contributed by atoms with Gasteiger partial charge in [-0.15, -0.1) is 0 Å². The Kier molecular flexibility index (Phi) is 6.05. The second-order valence-electron chi connectivity index (χ2n) is 7.74. The second-order valence-corrected chi connectivity index (χ2v) is 8.53. The molecule has 1 aliphatic heterocycles. The first kappa shape index (κ1) is 19.2. The van der Waals surface area contributed by atoms with Crippen molar-refractivity contribution < 1.29 is 0 Å². The van der Waals surface area contributed by atoms with Crippen LogP contribution in [0.25, 0.3) is 0 Å². The van der Waals surface area contributed by atoms with E-state index in [0.717, 1.165) is 25.2 Å². The van der Waals surface area contributed by atoms with Crippen LogP contribution >= 0.6 is 23.2 Å². The van der Waals surface area contributed by atoms with E-state index in [9.17, 15) is 0 Å². The van der Waals surface area contributed by atoms with E-state index in [0.29, 0.717) is 22.0 Å². The third-order valence-corrected chi connectivity index (χ3v) is 6.83. The molecule has 1 saturated carbocycles. The lowest BCUT2D eigenvalue weighted by Gasteiger charge is -2.33. The lowest BCUT2D eigenvalue weighted by atomic mass is 10.00. The van der Waals surface area contributed by atoms with Gasteiger partial charge in [0.25, 0.3) is 0 Å². The highest BCUT2D eigenvalue weighted by Crippen LogP contribution is 2.37. The highest BCUT2D eigenvalue weighted by molar-refractivity contribution is 6.42. The van der Waals surface area contributed by atoms with Crippen molar-refractivity contribution in [3.63, 3.8) is 0 Å². The van der Waals surface area contributed by atoms with Crippen molar-refractivity contribution in [2.45, 2.75) is 51.1 Å². The number of hydrogen-bond acceptors (Lipinski definition) is 3. The van der Waals surface area contributed by atoms with Crippen molar-refractivity contribution in [2.75, 3.05) is 13.1 Å². The lowest BCUT2D eigenvalue weighted by Crippen LogP contribution is -2.49. The Labute approximate surface area is 172 Å². The number of aryl methyl sites for hydroxylation is 1. The van der Waals surface area contributed by atoms with Crippen molar-refractivity contribution in [1.82, 2.24) is 15.6 Å². The molecule has 1 atom stereocenters. The summed E-state index contributed by atoms with van der Waals surface area (Å²) in [6, 6.07) is 15.2. The zero-order chi connectivity index (χ0) is 18.8. The molecule has 1 unspecified atom stereocenters. The van der Waals surface area contributed by atoms with E-state index in [1.54, 1.807) is 0 Å². The summed E-state index contributed by atoms with van der Waals surface area (Å²) in [6.45, 7) is 4.92. The molecule has 4 rings (SSSR count). The van der Waals surface area contributed by atoms with Gasteiger partial charge in [-0.3, -0.25) is 0 Å². The van der Waals surface area contributed by atoms with Crippen molar-refractivity contribution >= 4 is 23.2 Å². The van der Waals surface area contributed by atoms with E-state index < -0.39 is 0 Å². The number of benzene rings is 2. The van der Waals surface area contributed by atoms with E-state index in [1.807, 2.05) is 12.1 Å². The molecule has 2 aromatic carbocycles. The molecule has 2 aromatic rings. The standard InChI is InChI=1S/C22H27Cl2N3/c1-16-7-2-3-8-17(16)13-25-27-15-18(14-26(27)19-9-4-5-10-19)20-11-6-12-21(23)22(20)24/h2-3,6-8,11-12,18-19,25H,4-5,9-10,13-15H2,1H3. The first-order valence-electron chi connectivity index (χ1n) is 9.89. The van der Waals surface area contributed by atoms with Crippen LogP contribution < -0.4 is 5.43 Å². The number of nitrogens with zero attached hydrogens (tertiary/aromatic N) is 2. The van der Waals surface area contributed by atoms with E-state index in [4.69, 9.17) is 23.2 Å². The molecular weight excluding hydrogens is 377 g/mol. The highest BCUT2D eigenvalue weighted by Gasteiger charge is 2.37. The van der Waals surface area contributed by atoms with Gasteiger partial charge in [-0.1, -0.05) is 72.4 Å². The predicted octanol–water partition coefficient (Wildman–Crippen LogP) is 5.57. The number of rotatable bonds is 5. The minimum atomic E-state index is 0.362. The van der Waals surface area contributed by atoms with Gasteiger partial charge in [0.15, 0.2) is 0 Å². The van der Waals surface area contributed by atoms with Crippen LogP contribution in [-0.2, 0) is 6.54 Å². The molecular formula is C22H27Cl2N3. The normalized spacial score (nSPS) is 22.0. The maximum atomic E-state index is 6.53. The van der Waals surface area contributed by atoms with Gasteiger partial charge in [0.2, 0.25) is 0 Å². The number of hydrogen-bond donors (Lipinski definition) is 1. The summed E-state index contributed by atoms with van der Waals surface area (Å²) in [5.41, 5.74) is 7.51. The summed E-state index contributed by atoms with van der Waals surface area (Å²) in [5.74, 6) is 0.362. The van der Waals surface area contributed by atoms with Crippen molar-refractivity contribution in [2.24, 2.45) is 0 Å². The van der Waals surface area contributed by atoms with Crippen molar-refractivity contribution in [3.8, 4) is 0 Å². The van der Waals surface area contributed by atoms with Gasteiger partial charge in [0, 0.05) is 31.6 Å². The van der Waals surface area contributed by atoms with E-state index >= 15 is 0 Å². The van der Waals surface area contributed by atoms with Gasteiger partial charge in [0.1, 0.15) is 0 Å². The zero-order valence-corrected chi connectivity index (χ0v) is 17.3. The topological polar surface area (TPSA) is 18.5 Å². The quantitative estimate of drug-likeness (QED) is 0.703. The summed E-state index contributed by atoms with van der Waals surface area (Å²) in [7, 11) is 0. The molecule has 2 aliphatic rings. The fourth-order valence-corrected chi connectivity index (χ4v) is 4.88. The molecule has 0 aromatic heterocycles. The molecule has 144 valence electrons. The highest BCUT2D eigenvalue weighted by atomic mass is 35.5. The Morgan fingerprint density at radius 3 is 2.56 bits per heavy atom. The molecule has 1 N–H and O–H groups in total. The van der Waals surface area contributed by atoms with Crippen LogP contribution in [-0.4, -0.2) is 29.3 Å². The van der Waals surface area contributed by atoms with Crippen molar-refractivity contribution in [1.29, 1.82) is 0 Å². The lowest BCUT2D eigenvalue weighted by molar-refractivity contribution is -0.0576. The van der Waals surface area contributed by atoms with Crippen LogP contribution in [0.1, 0.15) is 48.3 Å². The third-order valence-electron chi connectivity index (χ3n) is 5.99. The minimum absolute atomic E-state index is 0.362. The second kappa shape index (κ2) is 8.50. The molecule has 3 nitrogen and oxygen atoms in total. The summed E-state index contributed by atoms with van der Waals surface area (Å²) in [4.78, 5) is 0. The fraction of sp³-hybridized carbons (Fsp3) is 0.455. The van der Waals surface area contributed by atoms with Crippen molar-refractivity contribution in [3.05, 3.63) is 69.2 Å². The Hall–Kier alpha value is -1.10. The molecule has 27 heavy (non-hydrogen) atoms. The van der Waals surface area contributed by atoms with E-state index in [-0.39, 0.29) is 0 Å². The average Bonchev–Trinajstić information content (AvgIpc) is 3.33. The average molecular weight is 404 g/mol. The Morgan fingerprint density at radius 1 is 1.00 bits per heavy atom. The maximum absolute atomic E-state index is 6.53. The number of nitrogens with one attached hydrogen (secondary N) is 1. The molecule has 1 saturated heterocycles. The summed E-state index contributed by atoms with van der Waals surface area (Å²) >= 11 is 12.8. The Balaban J connectivity index is 1.52. The van der Waals surface area contributed by atoms with Gasteiger partial charge in [-0.2, -0.15) is 5.12 Å². The van der Waals surface area contributed by atoms with Crippen LogP contribution in [0.2, 0.25) is 10.0 Å². The first-order valence-corrected chi connectivity index (χ1v) is 10.6. The largest absolute Gasteiger partial charge is 0.237 e. The molecule has 0 radical (unpaired) electrons. The molecule has 2 fully saturated rings. The fourth-order valence-electron chi connectivity index (χ4n) is 4.42. The maximum Gasteiger partial charge on any atom is 0.0628 e. The molecule has 0 bridgehead atoms. The molecule has 1 heterocycles. The van der Waals surface area contributed by atoms with Gasteiger partial charge in [0.05, 0.1) is 10.0 Å². The number of hydrazine groups is 2. The van der Waals surface area contributed by atoms with Gasteiger partial charge in [-0.05, 0) is 42.5 Å². The molecule has 1 aliphatic carbocycles. The van der Waals surface area contributed by atoms with Crippen LogP contribution in [0, 0.1) is 6.92 Å². The van der Waals surface area contributed by atoms with Crippen LogP contribution in [0.3, 0.4) is 0 Å². The SMILES string of the molecule is Cc1ccccc1CNN1CC(c2cccc(Cl)c2Cl)CN1C1CCCC1. The molecule has 5 heteroatoms.